The number of benzene rings is 2. The van der Waals surface area contributed by atoms with Gasteiger partial charge in [0.1, 0.15) is 5.82 Å². The zero-order valence-corrected chi connectivity index (χ0v) is 16.3. The van der Waals surface area contributed by atoms with Gasteiger partial charge in [0.05, 0.1) is 16.1 Å². The summed E-state index contributed by atoms with van der Waals surface area (Å²) in [5.74, 6) is -0.479. The Morgan fingerprint density at radius 1 is 1.00 bits per heavy atom. The van der Waals surface area contributed by atoms with Crippen LogP contribution in [0.1, 0.15) is 0 Å². The first-order chi connectivity index (χ1) is 12.9. The topological polar surface area (TPSA) is 45.5 Å². The lowest BCUT2D eigenvalue weighted by atomic mass is 10.2. The van der Waals surface area contributed by atoms with Gasteiger partial charge >= 0.3 is 0 Å². The van der Waals surface area contributed by atoms with Crippen molar-refractivity contribution in [2.75, 3.05) is 38.1 Å². The number of rotatable bonds is 3. The third-order valence-corrected chi connectivity index (χ3v) is 6.85. The predicted molar refractivity (Wildman–Crippen MR) is 106 cm³/mol. The molecule has 8 heteroatoms. The lowest BCUT2D eigenvalue weighted by molar-refractivity contribution is 0.313. The van der Waals surface area contributed by atoms with Crippen molar-refractivity contribution in [1.29, 1.82) is 0 Å². The number of nitrogens with zero attached hydrogens (tertiary/aromatic N) is 3. The second-order valence-electron chi connectivity index (χ2n) is 6.72. The smallest absolute Gasteiger partial charge is 0.268 e. The highest BCUT2D eigenvalue weighted by Gasteiger charge is 2.25. The molecule has 0 N–H and O–H groups in total. The van der Waals surface area contributed by atoms with Gasteiger partial charge in [-0.2, -0.15) is 0 Å². The first-order valence-corrected chi connectivity index (χ1v) is 10.4. The van der Waals surface area contributed by atoms with E-state index in [1.54, 1.807) is 18.3 Å². The summed E-state index contributed by atoms with van der Waals surface area (Å²) in [7, 11) is -1.80. The molecule has 142 valence electrons. The van der Waals surface area contributed by atoms with Crippen LogP contribution in [-0.2, 0) is 10.0 Å². The van der Waals surface area contributed by atoms with E-state index in [-0.39, 0.29) is 4.90 Å². The second-order valence-corrected chi connectivity index (χ2v) is 8.97. The van der Waals surface area contributed by atoms with Gasteiger partial charge in [-0.3, -0.25) is 0 Å². The van der Waals surface area contributed by atoms with E-state index >= 15 is 0 Å². The Bertz CT molecular complexity index is 1090. The Kier molecular flexibility index (Phi) is 4.61. The first kappa shape index (κ1) is 18.3. The summed E-state index contributed by atoms with van der Waals surface area (Å²) in [6, 6.07) is 10.1. The summed E-state index contributed by atoms with van der Waals surface area (Å²) in [6.45, 7) is 3.44. The summed E-state index contributed by atoms with van der Waals surface area (Å²) < 4.78 is 40.9. The van der Waals surface area contributed by atoms with Crippen molar-refractivity contribution < 1.29 is 12.8 Å². The van der Waals surface area contributed by atoms with Crippen molar-refractivity contribution in [1.82, 2.24) is 8.87 Å². The van der Waals surface area contributed by atoms with E-state index in [4.69, 9.17) is 11.6 Å². The maximum absolute atomic E-state index is 13.2. The van der Waals surface area contributed by atoms with Gasteiger partial charge in [0.15, 0.2) is 0 Å². The molecule has 1 aliphatic heterocycles. The third-order valence-electron chi connectivity index (χ3n) is 4.93. The highest BCUT2D eigenvalue weighted by molar-refractivity contribution is 7.90. The van der Waals surface area contributed by atoms with Gasteiger partial charge in [-0.15, -0.1) is 0 Å². The fraction of sp³-hybridized carbons (Fsp3) is 0.263. The molecule has 0 spiro atoms. The van der Waals surface area contributed by atoms with Gasteiger partial charge < -0.3 is 9.80 Å². The Labute approximate surface area is 162 Å². The standard InChI is InChI=1S/C19H19ClFN3O2S/c1-22-8-10-23(11-9-22)19-13-24(18-12-14(20)2-7-17(18)19)27(25,26)16-5-3-15(21)4-6-16/h2-7,12-13H,8-11H2,1H3. The van der Waals surface area contributed by atoms with E-state index < -0.39 is 15.8 Å². The molecule has 2 aromatic carbocycles. The first-order valence-electron chi connectivity index (χ1n) is 8.61. The Balaban J connectivity index is 1.88. The minimum atomic E-state index is -3.87. The van der Waals surface area contributed by atoms with E-state index in [1.165, 1.54) is 16.1 Å². The Morgan fingerprint density at radius 3 is 2.33 bits per heavy atom. The summed E-state index contributed by atoms with van der Waals surface area (Å²) in [5.41, 5.74) is 1.38. The molecule has 1 aliphatic rings. The average Bonchev–Trinajstić information content (AvgIpc) is 3.02. The fourth-order valence-corrected chi connectivity index (χ4v) is 4.89. The number of hydrogen-bond acceptors (Lipinski definition) is 4. The molecule has 0 saturated carbocycles. The SMILES string of the molecule is CN1CCN(c2cn(S(=O)(=O)c3ccc(F)cc3)c3cc(Cl)ccc23)CC1. The van der Waals surface area contributed by atoms with Gasteiger partial charge in [0.2, 0.25) is 0 Å². The highest BCUT2D eigenvalue weighted by atomic mass is 35.5. The number of likely N-dealkylation sites (N-methyl/N-ethyl adjacent to an activating group) is 1. The lowest BCUT2D eigenvalue weighted by Gasteiger charge is -2.33. The van der Waals surface area contributed by atoms with E-state index in [0.717, 1.165) is 49.4 Å². The van der Waals surface area contributed by atoms with Crippen molar-refractivity contribution in [3.05, 3.63) is 59.5 Å². The molecule has 1 aromatic heterocycles. The van der Waals surface area contributed by atoms with Crippen molar-refractivity contribution in [3.63, 3.8) is 0 Å². The number of piperazine rings is 1. The zero-order valence-electron chi connectivity index (χ0n) is 14.8. The molecule has 0 atom stereocenters. The number of aromatic nitrogens is 1. The van der Waals surface area contributed by atoms with Crippen LogP contribution in [-0.4, -0.2) is 50.5 Å². The van der Waals surface area contributed by atoms with Gasteiger partial charge in [0, 0.05) is 42.8 Å². The minimum absolute atomic E-state index is 0.0331. The van der Waals surface area contributed by atoms with Crippen LogP contribution in [0.25, 0.3) is 10.9 Å². The third kappa shape index (κ3) is 3.31. The van der Waals surface area contributed by atoms with Gasteiger partial charge in [-0.25, -0.2) is 16.8 Å². The van der Waals surface area contributed by atoms with Crippen molar-refractivity contribution in [2.45, 2.75) is 4.90 Å². The molecule has 0 unspecified atom stereocenters. The van der Waals surface area contributed by atoms with Crippen LogP contribution in [0.2, 0.25) is 5.02 Å². The van der Waals surface area contributed by atoms with E-state index in [9.17, 15) is 12.8 Å². The molecule has 2 heterocycles. The van der Waals surface area contributed by atoms with Crippen LogP contribution < -0.4 is 4.90 Å². The van der Waals surface area contributed by atoms with Gasteiger partial charge in [0.25, 0.3) is 10.0 Å². The fourth-order valence-electron chi connectivity index (χ4n) is 3.37. The monoisotopic (exact) mass is 407 g/mol. The molecule has 1 saturated heterocycles. The Hall–Kier alpha value is -2.09. The molecule has 3 aromatic rings. The predicted octanol–water partition coefficient (Wildman–Crippen LogP) is 3.42. The lowest BCUT2D eigenvalue weighted by Crippen LogP contribution is -2.44. The van der Waals surface area contributed by atoms with Crippen LogP contribution in [0, 0.1) is 5.82 Å². The summed E-state index contributed by atoms with van der Waals surface area (Å²) in [5, 5.41) is 1.29. The molecule has 0 aliphatic carbocycles. The van der Waals surface area contributed by atoms with Gasteiger partial charge in [-0.1, -0.05) is 11.6 Å². The van der Waals surface area contributed by atoms with Crippen LogP contribution >= 0.6 is 11.6 Å². The molecule has 0 amide bonds. The van der Waals surface area contributed by atoms with Crippen LogP contribution in [0.15, 0.2) is 53.6 Å². The van der Waals surface area contributed by atoms with Crippen molar-refractivity contribution >= 4 is 38.2 Å². The number of halogens is 2. The number of hydrogen-bond donors (Lipinski definition) is 0. The quantitative estimate of drug-likeness (QED) is 0.667. The largest absolute Gasteiger partial charge is 0.367 e. The maximum atomic E-state index is 13.2. The zero-order chi connectivity index (χ0) is 19.2. The summed E-state index contributed by atoms with van der Waals surface area (Å²) >= 11 is 6.14. The molecule has 27 heavy (non-hydrogen) atoms. The summed E-state index contributed by atoms with van der Waals surface area (Å²) in [4.78, 5) is 4.46. The molecular weight excluding hydrogens is 389 g/mol. The van der Waals surface area contributed by atoms with E-state index in [1.807, 2.05) is 6.07 Å². The Morgan fingerprint density at radius 2 is 1.67 bits per heavy atom. The van der Waals surface area contributed by atoms with Crippen LogP contribution in [0.3, 0.4) is 0 Å². The molecule has 0 radical (unpaired) electrons. The molecule has 1 fully saturated rings. The van der Waals surface area contributed by atoms with Crippen LogP contribution in [0.4, 0.5) is 10.1 Å². The maximum Gasteiger partial charge on any atom is 0.268 e. The van der Waals surface area contributed by atoms with E-state index in [2.05, 4.69) is 16.8 Å². The molecular formula is C19H19ClFN3O2S. The van der Waals surface area contributed by atoms with Crippen molar-refractivity contribution in [3.8, 4) is 0 Å². The normalized spacial score (nSPS) is 16.2. The minimum Gasteiger partial charge on any atom is -0.367 e. The summed E-state index contributed by atoms with van der Waals surface area (Å²) in [6.07, 6.45) is 1.64. The van der Waals surface area contributed by atoms with Crippen molar-refractivity contribution in [2.24, 2.45) is 0 Å². The number of anilines is 1. The van der Waals surface area contributed by atoms with E-state index in [0.29, 0.717) is 10.5 Å². The molecule has 4 rings (SSSR count). The molecule has 0 bridgehead atoms. The molecule has 5 nitrogen and oxygen atoms in total. The second kappa shape index (κ2) is 6.82. The average molecular weight is 408 g/mol. The van der Waals surface area contributed by atoms with Gasteiger partial charge in [-0.05, 0) is 49.5 Å². The highest BCUT2D eigenvalue weighted by Crippen LogP contribution is 2.34. The number of fused-ring (bicyclic) bond motifs is 1. The van der Waals surface area contributed by atoms with Crippen LogP contribution in [0.5, 0.6) is 0 Å².